The molecule has 0 aromatic carbocycles. The Morgan fingerprint density at radius 3 is 2.53 bits per heavy atom. The highest BCUT2D eigenvalue weighted by Gasteiger charge is 2.03. The molecule has 0 heterocycles. The molecular weight excluding hydrogens is 214 g/mol. The summed E-state index contributed by atoms with van der Waals surface area (Å²) in [7, 11) is 2.11. The molecule has 1 amide bonds. The third-order valence-corrected chi connectivity index (χ3v) is 3.00. The Hall–Kier alpha value is -0.610. The maximum absolute atomic E-state index is 11.4. The molecule has 4 nitrogen and oxygen atoms in total. The predicted molar refractivity (Wildman–Crippen MR) is 72.9 cm³/mol. The number of hydrogen-bond acceptors (Lipinski definition) is 3. The molecule has 0 aromatic rings. The molecule has 4 heteroatoms. The largest absolute Gasteiger partial charge is 0.356 e. The van der Waals surface area contributed by atoms with Crippen molar-refractivity contribution in [1.82, 2.24) is 10.2 Å². The molecule has 17 heavy (non-hydrogen) atoms. The lowest BCUT2D eigenvalue weighted by molar-refractivity contribution is -0.121. The number of nitrogens with two attached hydrogens (primary N) is 1. The van der Waals surface area contributed by atoms with Gasteiger partial charge in [-0.05, 0) is 53.2 Å². The molecule has 0 saturated heterocycles. The molecular formula is C13H29N3O. The third kappa shape index (κ3) is 10.3. The number of carbonyl (C=O) groups excluding carboxylic acids is 1. The number of nitrogens with one attached hydrogen (secondary N) is 1. The van der Waals surface area contributed by atoms with Crippen molar-refractivity contribution in [3.63, 3.8) is 0 Å². The SMILES string of the molecule is CC(C)N(C)CCCNC(=O)CCCCCN. The van der Waals surface area contributed by atoms with Gasteiger partial charge in [-0.2, -0.15) is 0 Å². The maximum Gasteiger partial charge on any atom is 0.219 e. The Labute approximate surface area is 106 Å². The van der Waals surface area contributed by atoms with Gasteiger partial charge in [-0.1, -0.05) is 6.42 Å². The summed E-state index contributed by atoms with van der Waals surface area (Å²) in [5.74, 6) is 0.175. The number of carbonyl (C=O) groups is 1. The Morgan fingerprint density at radius 1 is 1.24 bits per heavy atom. The van der Waals surface area contributed by atoms with Gasteiger partial charge in [-0.25, -0.2) is 0 Å². The number of unbranched alkanes of at least 4 members (excludes halogenated alkanes) is 2. The van der Waals surface area contributed by atoms with E-state index in [1.54, 1.807) is 0 Å². The van der Waals surface area contributed by atoms with Gasteiger partial charge < -0.3 is 16.0 Å². The van der Waals surface area contributed by atoms with Crippen LogP contribution in [0.25, 0.3) is 0 Å². The Morgan fingerprint density at radius 2 is 1.94 bits per heavy atom. The van der Waals surface area contributed by atoms with Gasteiger partial charge in [0.2, 0.25) is 5.91 Å². The van der Waals surface area contributed by atoms with Crippen molar-refractivity contribution in [2.45, 2.75) is 52.0 Å². The summed E-state index contributed by atoms with van der Waals surface area (Å²) in [4.78, 5) is 13.7. The first kappa shape index (κ1) is 16.4. The van der Waals surface area contributed by atoms with Crippen LogP contribution in [0.2, 0.25) is 0 Å². The van der Waals surface area contributed by atoms with E-state index in [9.17, 15) is 4.79 Å². The zero-order valence-electron chi connectivity index (χ0n) is 11.7. The minimum atomic E-state index is 0.175. The quantitative estimate of drug-likeness (QED) is 0.569. The standard InChI is InChI=1S/C13H29N3O/c1-12(2)16(3)11-7-10-15-13(17)8-5-4-6-9-14/h12H,4-11,14H2,1-3H3,(H,15,17). The molecule has 0 fully saturated rings. The van der Waals surface area contributed by atoms with E-state index in [0.717, 1.165) is 45.3 Å². The molecule has 0 aliphatic heterocycles. The Kier molecular flexibility index (Phi) is 10.2. The van der Waals surface area contributed by atoms with E-state index in [1.165, 1.54) is 0 Å². The van der Waals surface area contributed by atoms with Crippen LogP contribution in [-0.4, -0.2) is 43.5 Å². The minimum Gasteiger partial charge on any atom is -0.356 e. The smallest absolute Gasteiger partial charge is 0.219 e. The minimum absolute atomic E-state index is 0.175. The topological polar surface area (TPSA) is 58.4 Å². The molecule has 0 unspecified atom stereocenters. The first-order valence-corrected chi connectivity index (χ1v) is 6.75. The van der Waals surface area contributed by atoms with Crippen molar-refractivity contribution in [2.24, 2.45) is 5.73 Å². The number of rotatable bonds is 10. The lowest BCUT2D eigenvalue weighted by atomic mass is 10.2. The van der Waals surface area contributed by atoms with Crippen molar-refractivity contribution in [3.8, 4) is 0 Å². The molecule has 0 rings (SSSR count). The normalized spacial score (nSPS) is 11.2. The number of amides is 1. The van der Waals surface area contributed by atoms with Crippen LogP contribution in [0.5, 0.6) is 0 Å². The average Bonchev–Trinajstić information content (AvgIpc) is 2.29. The lowest BCUT2D eigenvalue weighted by Gasteiger charge is -2.20. The van der Waals surface area contributed by atoms with E-state index in [-0.39, 0.29) is 5.91 Å². The fourth-order valence-corrected chi connectivity index (χ4v) is 1.51. The van der Waals surface area contributed by atoms with E-state index in [2.05, 4.69) is 31.1 Å². The first-order chi connectivity index (χ1) is 8.07. The average molecular weight is 243 g/mol. The van der Waals surface area contributed by atoms with Crippen molar-refractivity contribution in [1.29, 1.82) is 0 Å². The molecule has 0 aliphatic carbocycles. The van der Waals surface area contributed by atoms with Gasteiger partial charge in [0, 0.05) is 19.0 Å². The highest BCUT2D eigenvalue weighted by atomic mass is 16.1. The molecule has 0 aliphatic rings. The summed E-state index contributed by atoms with van der Waals surface area (Å²) >= 11 is 0. The molecule has 102 valence electrons. The molecule has 3 N–H and O–H groups in total. The van der Waals surface area contributed by atoms with Crippen LogP contribution in [-0.2, 0) is 4.79 Å². The van der Waals surface area contributed by atoms with Gasteiger partial charge in [-0.15, -0.1) is 0 Å². The van der Waals surface area contributed by atoms with E-state index >= 15 is 0 Å². The van der Waals surface area contributed by atoms with Crippen molar-refractivity contribution in [2.75, 3.05) is 26.7 Å². The highest BCUT2D eigenvalue weighted by Crippen LogP contribution is 1.98. The summed E-state index contributed by atoms with van der Waals surface area (Å²) in [6, 6.07) is 0.571. The van der Waals surface area contributed by atoms with Crippen LogP contribution >= 0.6 is 0 Å². The first-order valence-electron chi connectivity index (χ1n) is 6.75. The third-order valence-electron chi connectivity index (χ3n) is 3.00. The van der Waals surface area contributed by atoms with Gasteiger partial charge in [-0.3, -0.25) is 4.79 Å². The summed E-state index contributed by atoms with van der Waals surface area (Å²) in [6.45, 7) is 6.90. The molecule has 0 aromatic heterocycles. The zero-order valence-corrected chi connectivity index (χ0v) is 11.7. The van der Waals surface area contributed by atoms with Gasteiger partial charge in [0.05, 0.1) is 0 Å². The van der Waals surface area contributed by atoms with E-state index in [1.807, 2.05) is 0 Å². The van der Waals surface area contributed by atoms with Crippen LogP contribution in [0.4, 0.5) is 0 Å². The lowest BCUT2D eigenvalue weighted by Crippen LogP contribution is -2.31. The second-order valence-electron chi connectivity index (χ2n) is 4.88. The van der Waals surface area contributed by atoms with Crippen molar-refractivity contribution in [3.05, 3.63) is 0 Å². The zero-order chi connectivity index (χ0) is 13.1. The van der Waals surface area contributed by atoms with Crippen LogP contribution in [0.15, 0.2) is 0 Å². The fraction of sp³-hybridized carbons (Fsp3) is 0.923. The van der Waals surface area contributed by atoms with Crippen LogP contribution < -0.4 is 11.1 Å². The summed E-state index contributed by atoms with van der Waals surface area (Å²) in [5, 5.41) is 2.96. The molecule has 0 saturated carbocycles. The second-order valence-corrected chi connectivity index (χ2v) is 4.88. The van der Waals surface area contributed by atoms with Gasteiger partial charge in [0.15, 0.2) is 0 Å². The van der Waals surface area contributed by atoms with Crippen LogP contribution in [0.3, 0.4) is 0 Å². The molecule has 0 atom stereocenters. The van der Waals surface area contributed by atoms with E-state index < -0.39 is 0 Å². The Bertz CT molecular complexity index is 195. The molecule has 0 spiro atoms. The van der Waals surface area contributed by atoms with E-state index in [4.69, 9.17) is 5.73 Å². The van der Waals surface area contributed by atoms with Gasteiger partial charge >= 0.3 is 0 Å². The fourth-order valence-electron chi connectivity index (χ4n) is 1.51. The monoisotopic (exact) mass is 243 g/mol. The molecule has 0 bridgehead atoms. The van der Waals surface area contributed by atoms with Crippen molar-refractivity contribution < 1.29 is 4.79 Å². The van der Waals surface area contributed by atoms with Gasteiger partial charge in [0.1, 0.15) is 0 Å². The van der Waals surface area contributed by atoms with Crippen LogP contribution in [0, 0.1) is 0 Å². The second kappa shape index (κ2) is 10.5. The summed E-state index contributed by atoms with van der Waals surface area (Å²) in [5.41, 5.74) is 5.39. The van der Waals surface area contributed by atoms with Crippen molar-refractivity contribution >= 4 is 5.91 Å². The predicted octanol–water partition coefficient (Wildman–Crippen LogP) is 1.35. The number of nitrogens with zero attached hydrogens (tertiary/aromatic N) is 1. The van der Waals surface area contributed by atoms with Gasteiger partial charge in [0.25, 0.3) is 0 Å². The summed E-state index contributed by atoms with van der Waals surface area (Å²) < 4.78 is 0. The number of hydrogen-bond donors (Lipinski definition) is 2. The van der Waals surface area contributed by atoms with E-state index in [0.29, 0.717) is 12.5 Å². The van der Waals surface area contributed by atoms with Crippen LogP contribution in [0.1, 0.15) is 46.0 Å². The highest BCUT2D eigenvalue weighted by molar-refractivity contribution is 5.75. The Balaban J connectivity index is 3.33. The summed E-state index contributed by atoms with van der Waals surface area (Å²) in [6.07, 6.45) is 4.69. The molecule has 0 radical (unpaired) electrons. The maximum atomic E-state index is 11.4.